The van der Waals surface area contributed by atoms with E-state index < -0.39 is 12.1 Å². The minimum absolute atomic E-state index is 0.0107. The maximum atomic E-state index is 12.4. The molecular formula is C67H127NO5. The van der Waals surface area contributed by atoms with Crippen molar-refractivity contribution in [3.63, 3.8) is 0 Å². The van der Waals surface area contributed by atoms with Gasteiger partial charge in [-0.15, -0.1) is 0 Å². The van der Waals surface area contributed by atoms with Gasteiger partial charge in [-0.1, -0.05) is 314 Å². The lowest BCUT2D eigenvalue weighted by Crippen LogP contribution is -2.45. The molecule has 0 aromatic rings. The van der Waals surface area contributed by atoms with Crippen LogP contribution in [-0.2, 0) is 14.3 Å². The molecule has 2 atom stereocenters. The van der Waals surface area contributed by atoms with E-state index in [0.717, 1.165) is 51.4 Å². The normalized spacial score (nSPS) is 12.8. The minimum Gasteiger partial charge on any atom is -0.466 e. The molecule has 73 heavy (non-hydrogen) atoms. The van der Waals surface area contributed by atoms with E-state index in [0.29, 0.717) is 19.4 Å². The summed E-state index contributed by atoms with van der Waals surface area (Å²) in [5, 5.41) is 23.0. The Hall–Kier alpha value is -1.92. The number of unbranched alkanes of at least 4 members (excludes halogenated alkanes) is 46. The predicted octanol–water partition coefficient (Wildman–Crippen LogP) is 20.8. The number of amides is 1. The van der Waals surface area contributed by atoms with Crippen molar-refractivity contribution >= 4 is 11.9 Å². The van der Waals surface area contributed by atoms with Gasteiger partial charge in [0.15, 0.2) is 0 Å². The van der Waals surface area contributed by atoms with Crippen molar-refractivity contribution in [3.8, 4) is 0 Å². The summed E-state index contributed by atoms with van der Waals surface area (Å²) in [6.45, 7) is 4.88. The molecule has 0 aromatic heterocycles. The van der Waals surface area contributed by atoms with Gasteiger partial charge in [-0.25, -0.2) is 0 Å². The highest BCUT2D eigenvalue weighted by atomic mass is 16.5. The average Bonchev–Trinajstić information content (AvgIpc) is 3.39. The number of aliphatic hydroxyl groups is 2. The molecule has 0 aliphatic heterocycles. The van der Waals surface area contributed by atoms with Gasteiger partial charge in [-0.3, -0.25) is 9.59 Å². The number of ether oxygens (including phenoxy) is 1. The molecule has 0 aromatic carbocycles. The van der Waals surface area contributed by atoms with Gasteiger partial charge >= 0.3 is 5.97 Å². The number of carbonyl (C=O) groups excluding carboxylic acids is 2. The van der Waals surface area contributed by atoms with E-state index in [1.165, 1.54) is 276 Å². The summed E-state index contributed by atoms with van der Waals surface area (Å²) in [5.41, 5.74) is 0. The number of hydrogen-bond acceptors (Lipinski definition) is 5. The van der Waals surface area contributed by atoms with Crippen molar-refractivity contribution in [1.82, 2.24) is 5.32 Å². The van der Waals surface area contributed by atoms with Crippen LogP contribution in [0.1, 0.15) is 354 Å². The highest BCUT2D eigenvalue weighted by Gasteiger charge is 2.18. The molecule has 6 nitrogen and oxygen atoms in total. The zero-order chi connectivity index (χ0) is 52.9. The van der Waals surface area contributed by atoms with Crippen LogP contribution in [0.25, 0.3) is 0 Å². The van der Waals surface area contributed by atoms with Crippen LogP contribution < -0.4 is 5.32 Å². The van der Waals surface area contributed by atoms with Crippen molar-refractivity contribution < 1.29 is 24.5 Å². The largest absolute Gasteiger partial charge is 0.466 e. The first kappa shape index (κ1) is 71.1. The third-order valence-corrected chi connectivity index (χ3v) is 15.2. The standard InChI is InChI=1S/C67H127NO5/c1-3-5-7-9-11-13-15-16-17-30-34-37-41-45-49-53-57-61-67(72)73-62-58-54-50-46-42-38-35-32-29-27-25-23-21-19-18-20-22-24-26-28-31-33-36-40-44-48-52-56-60-66(71)68-64(63-69)65(70)59-55-51-47-43-39-14-12-10-8-6-4-2/h11,13,16-17,55,59,64-65,69-70H,3-10,12,14-15,18-54,56-58,60-63H2,1-2H3,(H,68,71)/b13-11-,17-16-,59-55+. The Kier molecular flexibility index (Phi) is 61.0. The van der Waals surface area contributed by atoms with E-state index in [1.807, 2.05) is 6.08 Å². The summed E-state index contributed by atoms with van der Waals surface area (Å²) < 4.78 is 5.50. The molecule has 0 fully saturated rings. The Morgan fingerprint density at radius 2 is 0.685 bits per heavy atom. The third-order valence-electron chi connectivity index (χ3n) is 15.2. The van der Waals surface area contributed by atoms with Crippen LogP contribution in [0, 0.1) is 0 Å². The maximum absolute atomic E-state index is 12.4. The fourth-order valence-corrected chi connectivity index (χ4v) is 10.1. The van der Waals surface area contributed by atoms with Crippen LogP contribution in [-0.4, -0.2) is 47.4 Å². The Morgan fingerprint density at radius 3 is 1.07 bits per heavy atom. The van der Waals surface area contributed by atoms with E-state index in [-0.39, 0.29) is 18.5 Å². The topological polar surface area (TPSA) is 95.9 Å². The van der Waals surface area contributed by atoms with Crippen molar-refractivity contribution in [1.29, 1.82) is 0 Å². The minimum atomic E-state index is -0.841. The lowest BCUT2D eigenvalue weighted by molar-refractivity contribution is -0.143. The molecule has 0 bridgehead atoms. The summed E-state index contributed by atoms with van der Waals surface area (Å²) in [7, 11) is 0. The highest BCUT2D eigenvalue weighted by Crippen LogP contribution is 2.18. The van der Waals surface area contributed by atoms with Crippen LogP contribution in [0.5, 0.6) is 0 Å². The van der Waals surface area contributed by atoms with Gasteiger partial charge in [0.25, 0.3) is 0 Å². The molecule has 6 heteroatoms. The van der Waals surface area contributed by atoms with E-state index >= 15 is 0 Å². The van der Waals surface area contributed by atoms with Crippen LogP contribution >= 0.6 is 0 Å². The number of rotatable bonds is 61. The molecule has 0 aliphatic rings. The predicted molar refractivity (Wildman–Crippen MR) is 319 cm³/mol. The third kappa shape index (κ3) is 59.2. The Bertz CT molecular complexity index is 1180. The summed E-state index contributed by atoms with van der Waals surface area (Å²) in [6.07, 6.45) is 79.2. The summed E-state index contributed by atoms with van der Waals surface area (Å²) in [5.74, 6) is -0.0545. The van der Waals surface area contributed by atoms with Crippen LogP contribution in [0.3, 0.4) is 0 Å². The molecule has 0 radical (unpaired) electrons. The number of nitrogens with one attached hydrogen (secondary N) is 1. The second-order valence-electron chi connectivity index (χ2n) is 22.5. The van der Waals surface area contributed by atoms with Crippen LogP contribution in [0.15, 0.2) is 36.5 Å². The summed E-state index contributed by atoms with van der Waals surface area (Å²) >= 11 is 0. The molecule has 0 saturated heterocycles. The quantitative estimate of drug-likeness (QED) is 0.0320. The monoisotopic (exact) mass is 1030 g/mol. The SMILES string of the molecule is CCCCC/C=C\C/C=C\CCCCCCCCCC(=O)OCCCCCCCCCCCCCCCCCCCCCCCCCCCCCCC(=O)NC(CO)C(O)/C=C/CCCCCCCCCCC. The second-order valence-corrected chi connectivity index (χ2v) is 22.5. The maximum Gasteiger partial charge on any atom is 0.305 e. The first-order valence-corrected chi connectivity index (χ1v) is 32.8. The number of esters is 1. The van der Waals surface area contributed by atoms with Gasteiger partial charge < -0.3 is 20.3 Å². The number of allylic oxidation sites excluding steroid dienone is 5. The van der Waals surface area contributed by atoms with E-state index in [9.17, 15) is 19.8 Å². The Labute approximate surface area is 455 Å². The number of hydrogen-bond donors (Lipinski definition) is 3. The molecular weight excluding hydrogens is 899 g/mol. The van der Waals surface area contributed by atoms with Crippen LogP contribution in [0.4, 0.5) is 0 Å². The molecule has 0 aliphatic carbocycles. The lowest BCUT2D eigenvalue weighted by Gasteiger charge is -2.20. The Morgan fingerprint density at radius 1 is 0.384 bits per heavy atom. The molecule has 0 heterocycles. The van der Waals surface area contributed by atoms with Gasteiger partial charge in [0.05, 0.1) is 25.4 Å². The zero-order valence-corrected chi connectivity index (χ0v) is 49.1. The Balaban J connectivity index is 3.33. The number of aliphatic hydroxyl groups excluding tert-OH is 2. The summed E-state index contributed by atoms with van der Waals surface area (Å²) in [4.78, 5) is 24.5. The van der Waals surface area contributed by atoms with Gasteiger partial charge in [-0.05, 0) is 64.2 Å². The number of carbonyl (C=O) groups is 2. The fourth-order valence-electron chi connectivity index (χ4n) is 10.1. The fraction of sp³-hybridized carbons (Fsp3) is 0.881. The lowest BCUT2D eigenvalue weighted by atomic mass is 10.0. The highest BCUT2D eigenvalue weighted by molar-refractivity contribution is 5.76. The van der Waals surface area contributed by atoms with Crippen molar-refractivity contribution in [2.45, 2.75) is 366 Å². The van der Waals surface area contributed by atoms with E-state index in [2.05, 4.69) is 43.5 Å². The van der Waals surface area contributed by atoms with E-state index in [4.69, 9.17) is 4.74 Å². The van der Waals surface area contributed by atoms with Crippen molar-refractivity contribution in [2.75, 3.05) is 13.2 Å². The van der Waals surface area contributed by atoms with E-state index in [1.54, 1.807) is 6.08 Å². The molecule has 430 valence electrons. The molecule has 0 rings (SSSR count). The van der Waals surface area contributed by atoms with Gasteiger partial charge in [0.2, 0.25) is 5.91 Å². The van der Waals surface area contributed by atoms with Gasteiger partial charge in [-0.2, -0.15) is 0 Å². The first-order valence-electron chi connectivity index (χ1n) is 32.8. The average molecular weight is 1030 g/mol. The van der Waals surface area contributed by atoms with Crippen molar-refractivity contribution in [2.24, 2.45) is 0 Å². The van der Waals surface area contributed by atoms with Crippen molar-refractivity contribution in [3.05, 3.63) is 36.5 Å². The second kappa shape index (κ2) is 62.6. The molecule has 2 unspecified atom stereocenters. The first-order chi connectivity index (χ1) is 36.0. The van der Waals surface area contributed by atoms with Gasteiger partial charge in [0.1, 0.15) is 0 Å². The zero-order valence-electron chi connectivity index (χ0n) is 49.1. The van der Waals surface area contributed by atoms with Crippen LogP contribution in [0.2, 0.25) is 0 Å². The summed E-state index contributed by atoms with van der Waals surface area (Å²) in [6, 6.07) is -0.624. The molecule has 1 amide bonds. The van der Waals surface area contributed by atoms with Gasteiger partial charge in [0, 0.05) is 12.8 Å². The molecule has 0 spiro atoms. The molecule has 0 saturated carbocycles. The smallest absolute Gasteiger partial charge is 0.305 e. The molecule has 3 N–H and O–H groups in total.